The summed E-state index contributed by atoms with van der Waals surface area (Å²) in [5.41, 5.74) is -0.0914. The van der Waals surface area contributed by atoms with Crippen LogP contribution < -0.4 is 0 Å². The smallest absolute Gasteiger partial charge is 0.291 e. The lowest BCUT2D eigenvalue weighted by molar-refractivity contribution is -0.0868. The Morgan fingerprint density at radius 2 is 2.18 bits per heavy atom. The number of rotatable bonds is 3. The number of carbonyl (C=O) groups excluding carboxylic acids is 1. The van der Waals surface area contributed by atoms with Gasteiger partial charge < -0.3 is 14.4 Å². The van der Waals surface area contributed by atoms with E-state index in [2.05, 4.69) is 4.98 Å². The quantitative estimate of drug-likeness (QED) is 0.861. The number of aryl methyl sites for hydroxylation is 2. The second-order valence-electron chi connectivity index (χ2n) is 4.78. The molecule has 5 nitrogen and oxygen atoms in total. The molecular weight excluding hydrogens is 220 g/mol. The maximum Gasteiger partial charge on any atom is 0.291 e. The molecule has 0 bridgehead atoms. The first kappa shape index (κ1) is 12.1. The Kier molecular flexibility index (Phi) is 2.95. The molecule has 0 spiro atoms. The van der Waals surface area contributed by atoms with Gasteiger partial charge in [-0.15, -0.1) is 0 Å². The van der Waals surface area contributed by atoms with E-state index in [-0.39, 0.29) is 5.91 Å². The summed E-state index contributed by atoms with van der Waals surface area (Å²) in [4.78, 5) is 17.7. The van der Waals surface area contributed by atoms with E-state index >= 15 is 0 Å². The Morgan fingerprint density at radius 1 is 1.53 bits per heavy atom. The summed E-state index contributed by atoms with van der Waals surface area (Å²) >= 11 is 0. The van der Waals surface area contributed by atoms with Crippen LogP contribution in [-0.4, -0.2) is 39.6 Å². The Morgan fingerprint density at radius 3 is 2.65 bits per heavy atom. The van der Waals surface area contributed by atoms with E-state index in [1.807, 2.05) is 6.92 Å². The van der Waals surface area contributed by atoms with Gasteiger partial charge in [-0.05, 0) is 13.3 Å². The second kappa shape index (κ2) is 4.14. The van der Waals surface area contributed by atoms with E-state index in [1.54, 1.807) is 18.7 Å². The van der Waals surface area contributed by atoms with Gasteiger partial charge in [-0.25, -0.2) is 4.98 Å². The molecule has 0 radical (unpaired) electrons. The zero-order valence-corrected chi connectivity index (χ0v) is 10.5. The molecule has 0 aliphatic carbocycles. The number of hydrogen-bond donors (Lipinski definition) is 1. The summed E-state index contributed by atoms with van der Waals surface area (Å²) < 4.78 is 5.28. The molecular formula is C12H18N2O3. The van der Waals surface area contributed by atoms with Crippen LogP contribution in [-0.2, 0) is 0 Å². The first-order chi connectivity index (χ1) is 7.95. The van der Waals surface area contributed by atoms with Crippen molar-refractivity contribution in [1.29, 1.82) is 0 Å². The van der Waals surface area contributed by atoms with Gasteiger partial charge in [-0.3, -0.25) is 4.79 Å². The van der Waals surface area contributed by atoms with E-state index in [9.17, 15) is 9.90 Å². The Balaban J connectivity index is 2.02. The summed E-state index contributed by atoms with van der Waals surface area (Å²) in [7, 11) is 0. The molecule has 2 heterocycles. The average molecular weight is 238 g/mol. The average Bonchev–Trinajstić information content (AvgIpc) is 2.53. The van der Waals surface area contributed by atoms with Crippen molar-refractivity contribution < 1.29 is 14.3 Å². The molecule has 1 aromatic rings. The molecule has 1 aromatic heterocycles. The van der Waals surface area contributed by atoms with Crippen molar-refractivity contribution in [2.24, 2.45) is 0 Å². The van der Waals surface area contributed by atoms with Crippen molar-refractivity contribution in [3.05, 3.63) is 17.3 Å². The highest BCUT2D eigenvalue weighted by atomic mass is 16.4. The van der Waals surface area contributed by atoms with Crippen molar-refractivity contribution in [3.63, 3.8) is 0 Å². The van der Waals surface area contributed by atoms with E-state index < -0.39 is 5.60 Å². The van der Waals surface area contributed by atoms with Crippen molar-refractivity contribution in [2.75, 3.05) is 13.1 Å². The van der Waals surface area contributed by atoms with Crippen molar-refractivity contribution >= 4 is 5.91 Å². The molecule has 2 rings (SSSR count). The molecule has 0 aromatic carbocycles. The Bertz CT molecular complexity index is 433. The predicted molar refractivity (Wildman–Crippen MR) is 61.7 cm³/mol. The van der Waals surface area contributed by atoms with Gasteiger partial charge in [0.05, 0.1) is 24.4 Å². The van der Waals surface area contributed by atoms with Crippen LogP contribution in [0.5, 0.6) is 0 Å². The predicted octanol–water partition coefficient (Wildman–Crippen LogP) is 1.28. The van der Waals surface area contributed by atoms with Crippen LogP contribution in [0.4, 0.5) is 0 Å². The van der Waals surface area contributed by atoms with E-state index in [0.717, 1.165) is 12.8 Å². The van der Waals surface area contributed by atoms with Crippen LogP contribution in [0.15, 0.2) is 4.42 Å². The highest BCUT2D eigenvalue weighted by molar-refractivity contribution is 5.93. The lowest BCUT2D eigenvalue weighted by Gasteiger charge is -2.46. The molecule has 1 N–H and O–H groups in total. The maximum atomic E-state index is 12.0. The number of likely N-dealkylation sites (tertiary alicyclic amines) is 1. The summed E-state index contributed by atoms with van der Waals surface area (Å²) in [6.07, 6.45) is 1.64. The van der Waals surface area contributed by atoms with Crippen LogP contribution in [0.2, 0.25) is 0 Å². The minimum absolute atomic E-state index is 0.177. The molecule has 1 fully saturated rings. The fourth-order valence-electron chi connectivity index (χ4n) is 2.30. The normalized spacial score (nSPS) is 18.0. The van der Waals surface area contributed by atoms with Crippen LogP contribution in [0.25, 0.3) is 0 Å². The summed E-state index contributed by atoms with van der Waals surface area (Å²) in [5, 5.41) is 10.0. The van der Waals surface area contributed by atoms with Crippen LogP contribution >= 0.6 is 0 Å². The standard InChI is InChI=1S/C12H18N2O3/c1-4-5-12(16)6-14(7-12)11(15)10-8(2)13-9(3)17-10/h16H,4-7H2,1-3H3. The Labute approximate surface area is 100 Å². The zero-order chi connectivity index (χ0) is 12.6. The number of carbonyl (C=O) groups is 1. The van der Waals surface area contributed by atoms with Crippen LogP contribution in [0, 0.1) is 13.8 Å². The van der Waals surface area contributed by atoms with E-state index in [1.165, 1.54) is 0 Å². The third-order valence-corrected chi connectivity index (χ3v) is 3.07. The summed E-state index contributed by atoms with van der Waals surface area (Å²) in [6, 6.07) is 0. The lowest BCUT2D eigenvalue weighted by atomic mass is 9.89. The van der Waals surface area contributed by atoms with Crippen molar-refractivity contribution in [1.82, 2.24) is 9.88 Å². The van der Waals surface area contributed by atoms with Crippen molar-refractivity contribution in [3.8, 4) is 0 Å². The van der Waals surface area contributed by atoms with E-state index in [0.29, 0.717) is 30.4 Å². The third-order valence-electron chi connectivity index (χ3n) is 3.07. The molecule has 0 saturated carbocycles. The molecule has 17 heavy (non-hydrogen) atoms. The zero-order valence-electron chi connectivity index (χ0n) is 10.5. The molecule has 1 aliphatic heterocycles. The van der Waals surface area contributed by atoms with Crippen LogP contribution in [0.1, 0.15) is 41.9 Å². The number of oxazole rings is 1. The number of aliphatic hydroxyl groups is 1. The van der Waals surface area contributed by atoms with Gasteiger partial charge >= 0.3 is 0 Å². The molecule has 0 atom stereocenters. The fraction of sp³-hybridized carbons (Fsp3) is 0.667. The van der Waals surface area contributed by atoms with Crippen LogP contribution in [0.3, 0.4) is 0 Å². The molecule has 0 unspecified atom stereocenters. The first-order valence-electron chi connectivity index (χ1n) is 5.91. The van der Waals surface area contributed by atoms with Gasteiger partial charge in [0.1, 0.15) is 0 Å². The number of hydrogen-bond acceptors (Lipinski definition) is 4. The summed E-state index contributed by atoms with van der Waals surface area (Å²) in [5.74, 6) is 0.611. The van der Waals surface area contributed by atoms with Gasteiger partial charge in [0.15, 0.2) is 5.89 Å². The molecule has 1 amide bonds. The molecule has 1 aliphatic rings. The molecule has 94 valence electrons. The topological polar surface area (TPSA) is 66.6 Å². The maximum absolute atomic E-state index is 12.0. The highest BCUT2D eigenvalue weighted by Crippen LogP contribution is 2.27. The monoisotopic (exact) mass is 238 g/mol. The van der Waals surface area contributed by atoms with E-state index in [4.69, 9.17) is 4.42 Å². The SMILES string of the molecule is CCCC1(O)CN(C(=O)c2oc(C)nc2C)C1. The Hall–Kier alpha value is -1.36. The number of amides is 1. The first-order valence-corrected chi connectivity index (χ1v) is 5.91. The van der Waals surface area contributed by atoms with Gasteiger partial charge in [0.25, 0.3) is 5.91 Å². The minimum Gasteiger partial charge on any atom is -0.436 e. The lowest BCUT2D eigenvalue weighted by Crippen LogP contribution is -2.63. The third kappa shape index (κ3) is 2.20. The van der Waals surface area contributed by atoms with Crippen molar-refractivity contribution in [2.45, 2.75) is 39.2 Å². The number of β-amino-alcohol motifs (C(OH)–C–C–N with tert-alkyl or cyclic N) is 1. The minimum atomic E-state index is -0.701. The number of aromatic nitrogens is 1. The molecule has 5 heteroatoms. The van der Waals surface area contributed by atoms with Gasteiger partial charge in [0.2, 0.25) is 5.76 Å². The van der Waals surface area contributed by atoms with Gasteiger partial charge in [-0.1, -0.05) is 13.3 Å². The largest absolute Gasteiger partial charge is 0.436 e. The fourth-order valence-corrected chi connectivity index (χ4v) is 2.30. The summed E-state index contributed by atoms with van der Waals surface area (Å²) in [6.45, 7) is 6.26. The van der Waals surface area contributed by atoms with Gasteiger partial charge in [-0.2, -0.15) is 0 Å². The number of nitrogens with zero attached hydrogens (tertiary/aromatic N) is 2. The highest BCUT2D eigenvalue weighted by Gasteiger charge is 2.44. The molecule has 1 saturated heterocycles. The van der Waals surface area contributed by atoms with Gasteiger partial charge in [0, 0.05) is 6.92 Å². The second-order valence-corrected chi connectivity index (χ2v) is 4.78.